The minimum atomic E-state index is -1.02. The van der Waals surface area contributed by atoms with Crippen molar-refractivity contribution >= 4 is 17.6 Å². The number of para-hydroxylation sites is 1. The molecular weight excluding hydrogens is 332 g/mol. The third-order valence-electron chi connectivity index (χ3n) is 3.88. The number of carbonyl (C=O) groups is 2. The number of aryl methyl sites for hydroxylation is 1. The van der Waals surface area contributed by atoms with Crippen molar-refractivity contribution in [3.63, 3.8) is 0 Å². The third kappa shape index (κ3) is 4.84. The van der Waals surface area contributed by atoms with Gasteiger partial charge in [0.2, 0.25) is 0 Å². The molecule has 1 amide bonds. The van der Waals surface area contributed by atoms with Gasteiger partial charge in [-0.2, -0.15) is 5.26 Å². The van der Waals surface area contributed by atoms with Gasteiger partial charge < -0.3 is 14.8 Å². The summed E-state index contributed by atoms with van der Waals surface area (Å²) in [6.07, 6.45) is -1.02. The van der Waals surface area contributed by atoms with Crippen molar-refractivity contribution in [1.82, 2.24) is 0 Å². The van der Waals surface area contributed by atoms with E-state index in [4.69, 9.17) is 14.7 Å². The average Bonchev–Trinajstić information content (AvgIpc) is 2.63. The molecule has 2 aromatic carbocycles. The van der Waals surface area contributed by atoms with Gasteiger partial charge >= 0.3 is 5.97 Å². The zero-order valence-corrected chi connectivity index (χ0v) is 14.9. The smallest absolute Gasteiger partial charge is 0.344 e. The lowest BCUT2D eigenvalue weighted by Gasteiger charge is -2.15. The molecule has 6 nitrogen and oxygen atoms in total. The molecule has 1 N–H and O–H groups in total. The van der Waals surface area contributed by atoms with Crippen molar-refractivity contribution in [3.05, 3.63) is 59.2 Å². The number of benzene rings is 2. The Labute approximate surface area is 152 Å². The highest BCUT2D eigenvalue weighted by molar-refractivity contribution is 5.96. The second kappa shape index (κ2) is 8.67. The molecule has 2 rings (SSSR count). The monoisotopic (exact) mass is 352 g/mol. The van der Waals surface area contributed by atoms with E-state index in [1.54, 1.807) is 30.3 Å². The van der Waals surface area contributed by atoms with Crippen LogP contribution in [-0.2, 0) is 14.3 Å². The van der Waals surface area contributed by atoms with Crippen LogP contribution in [0.2, 0.25) is 0 Å². The minimum Gasteiger partial charge on any atom is -0.482 e. The third-order valence-corrected chi connectivity index (χ3v) is 3.88. The fraction of sp³-hybridized carbons (Fsp3) is 0.250. The van der Waals surface area contributed by atoms with Gasteiger partial charge in [-0.15, -0.1) is 0 Å². The number of carbonyl (C=O) groups excluding carboxylic acids is 2. The van der Waals surface area contributed by atoms with Crippen molar-refractivity contribution in [2.24, 2.45) is 0 Å². The molecular formula is C20H20N2O4. The topological polar surface area (TPSA) is 88.4 Å². The van der Waals surface area contributed by atoms with Gasteiger partial charge in [-0.05, 0) is 50.1 Å². The van der Waals surface area contributed by atoms with E-state index < -0.39 is 18.0 Å². The molecule has 0 radical (unpaired) electrons. The van der Waals surface area contributed by atoms with Gasteiger partial charge in [0.05, 0.1) is 11.3 Å². The van der Waals surface area contributed by atoms with E-state index in [0.717, 1.165) is 11.1 Å². The van der Waals surface area contributed by atoms with Crippen molar-refractivity contribution in [1.29, 1.82) is 5.26 Å². The van der Waals surface area contributed by atoms with Crippen molar-refractivity contribution in [3.8, 4) is 11.8 Å². The molecule has 26 heavy (non-hydrogen) atoms. The summed E-state index contributed by atoms with van der Waals surface area (Å²) < 4.78 is 10.6. The summed E-state index contributed by atoms with van der Waals surface area (Å²) in [5, 5.41) is 11.6. The number of rotatable bonds is 6. The Bertz CT molecular complexity index is 855. The average molecular weight is 352 g/mol. The second-order valence-electron chi connectivity index (χ2n) is 5.77. The maximum Gasteiger partial charge on any atom is 0.344 e. The summed E-state index contributed by atoms with van der Waals surface area (Å²) in [7, 11) is 0. The first-order valence-corrected chi connectivity index (χ1v) is 8.11. The van der Waals surface area contributed by atoms with E-state index in [-0.39, 0.29) is 6.61 Å². The second-order valence-corrected chi connectivity index (χ2v) is 5.77. The van der Waals surface area contributed by atoms with Crippen LogP contribution in [0.25, 0.3) is 0 Å². The van der Waals surface area contributed by atoms with Crippen molar-refractivity contribution in [2.45, 2.75) is 26.9 Å². The van der Waals surface area contributed by atoms with Crippen LogP contribution in [0.4, 0.5) is 5.69 Å². The van der Waals surface area contributed by atoms with Crippen LogP contribution in [0.5, 0.6) is 5.75 Å². The lowest BCUT2D eigenvalue weighted by Crippen LogP contribution is -2.32. The van der Waals surface area contributed by atoms with Gasteiger partial charge in [0.15, 0.2) is 12.7 Å². The summed E-state index contributed by atoms with van der Waals surface area (Å²) >= 11 is 0. The van der Waals surface area contributed by atoms with Crippen molar-refractivity contribution in [2.75, 3.05) is 11.9 Å². The number of amides is 1. The summed E-state index contributed by atoms with van der Waals surface area (Å²) in [6, 6.07) is 14.1. The minimum absolute atomic E-state index is 0.295. The number of hydrogen-bond donors (Lipinski definition) is 1. The number of anilines is 1. The first-order chi connectivity index (χ1) is 12.4. The molecule has 0 spiro atoms. The Morgan fingerprint density at radius 1 is 1.15 bits per heavy atom. The van der Waals surface area contributed by atoms with Crippen LogP contribution >= 0.6 is 0 Å². The predicted octanol–water partition coefficient (Wildman–Crippen LogP) is 3.12. The van der Waals surface area contributed by atoms with Crippen LogP contribution in [0.3, 0.4) is 0 Å². The molecule has 134 valence electrons. The normalized spacial score (nSPS) is 11.2. The fourth-order valence-corrected chi connectivity index (χ4v) is 2.23. The molecule has 0 aliphatic carbocycles. The number of nitrogens with one attached hydrogen (secondary N) is 1. The molecule has 0 aliphatic heterocycles. The number of nitrogens with zero attached hydrogens (tertiary/aromatic N) is 1. The Kier molecular flexibility index (Phi) is 6.34. The number of ether oxygens (including phenoxy) is 2. The molecule has 6 heteroatoms. The Morgan fingerprint density at radius 2 is 1.88 bits per heavy atom. The lowest BCUT2D eigenvalue weighted by molar-refractivity contribution is -0.155. The maximum atomic E-state index is 12.2. The molecule has 0 aromatic heterocycles. The molecule has 1 unspecified atom stereocenters. The predicted molar refractivity (Wildman–Crippen MR) is 96.8 cm³/mol. The molecule has 1 atom stereocenters. The summed E-state index contributed by atoms with van der Waals surface area (Å²) in [5.74, 6) is -0.572. The summed E-state index contributed by atoms with van der Waals surface area (Å²) in [6.45, 7) is 5.02. The van der Waals surface area contributed by atoms with Crippen molar-refractivity contribution < 1.29 is 19.1 Å². The fourth-order valence-electron chi connectivity index (χ4n) is 2.23. The van der Waals surface area contributed by atoms with Crippen LogP contribution < -0.4 is 10.1 Å². The first kappa shape index (κ1) is 19.0. The van der Waals surface area contributed by atoms with Gasteiger partial charge in [-0.1, -0.05) is 24.3 Å². The van der Waals surface area contributed by atoms with Gasteiger partial charge in [0.1, 0.15) is 11.8 Å². The molecule has 0 saturated heterocycles. The van der Waals surface area contributed by atoms with E-state index in [2.05, 4.69) is 5.32 Å². The maximum absolute atomic E-state index is 12.2. The number of nitriles is 1. The molecule has 2 aromatic rings. The van der Waals surface area contributed by atoms with E-state index in [1.807, 2.05) is 32.0 Å². The Morgan fingerprint density at radius 3 is 2.62 bits per heavy atom. The molecule has 0 saturated carbocycles. The summed E-state index contributed by atoms with van der Waals surface area (Å²) in [4.78, 5) is 24.1. The number of hydrogen-bond acceptors (Lipinski definition) is 5. The lowest BCUT2D eigenvalue weighted by atomic mass is 10.1. The van der Waals surface area contributed by atoms with Crippen LogP contribution in [0.1, 0.15) is 23.6 Å². The molecule has 0 fully saturated rings. The highest BCUT2D eigenvalue weighted by Gasteiger charge is 2.19. The SMILES string of the molecule is Cc1cccc(OCC(=O)OC(C)C(=O)Nc2ccccc2C#N)c1C. The highest BCUT2D eigenvalue weighted by atomic mass is 16.6. The van der Waals surface area contributed by atoms with E-state index >= 15 is 0 Å². The Hall–Kier alpha value is -3.33. The summed E-state index contributed by atoms with van der Waals surface area (Å²) in [5.41, 5.74) is 2.70. The van der Waals surface area contributed by atoms with Gasteiger partial charge in [-0.25, -0.2) is 4.79 Å². The largest absolute Gasteiger partial charge is 0.482 e. The zero-order valence-electron chi connectivity index (χ0n) is 14.9. The van der Waals surface area contributed by atoms with Crippen LogP contribution in [-0.4, -0.2) is 24.6 Å². The van der Waals surface area contributed by atoms with Crippen LogP contribution in [0.15, 0.2) is 42.5 Å². The van der Waals surface area contributed by atoms with E-state index in [9.17, 15) is 9.59 Å². The first-order valence-electron chi connectivity index (χ1n) is 8.11. The molecule has 0 bridgehead atoms. The Balaban J connectivity index is 1.89. The number of esters is 1. The van der Waals surface area contributed by atoms with Crippen LogP contribution in [0, 0.1) is 25.2 Å². The van der Waals surface area contributed by atoms with E-state index in [0.29, 0.717) is 17.0 Å². The standard InChI is InChI=1S/C20H20N2O4/c1-13-7-6-10-18(14(13)2)25-12-19(23)26-15(3)20(24)22-17-9-5-4-8-16(17)11-21/h4-10,15H,12H2,1-3H3,(H,22,24). The molecule has 0 aliphatic rings. The zero-order chi connectivity index (χ0) is 19.1. The van der Waals surface area contributed by atoms with E-state index in [1.165, 1.54) is 6.92 Å². The highest BCUT2D eigenvalue weighted by Crippen LogP contribution is 2.20. The molecule has 0 heterocycles. The van der Waals surface area contributed by atoms with Gasteiger partial charge in [-0.3, -0.25) is 4.79 Å². The quantitative estimate of drug-likeness (QED) is 0.807. The van der Waals surface area contributed by atoms with Gasteiger partial charge in [0.25, 0.3) is 5.91 Å². The van der Waals surface area contributed by atoms with Gasteiger partial charge in [0, 0.05) is 0 Å².